The average Bonchev–Trinajstić information content (AvgIpc) is 2.32. The topological polar surface area (TPSA) is 57.6 Å². The van der Waals surface area contributed by atoms with Crippen molar-refractivity contribution in [2.45, 2.75) is 40.0 Å². The highest BCUT2D eigenvalue weighted by atomic mass is 16.4. The van der Waals surface area contributed by atoms with Gasteiger partial charge in [0.2, 0.25) is 5.91 Å². The second-order valence-electron chi connectivity index (χ2n) is 5.44. The third-order valence-corrected chi connectivity index (χ3v) is 3.26. The molecule has 1 fully saturated rings. The van der Waals surface area contributed by atoms with E-state index in [1.807, 2.05) is 0 Å². The standard InChI is InChI=1S/C12H21NO3/c1-9-4-5-10(14)13(7-6-9)8-12(2,3)11(15)16/h9H,4-8H2,1-3H3,(H,15,16). The Morgan fingerprint density at radius 1 is 1.50 bits per heavy atom. The molecule has 4 nitrogen and oxygen atoms in total. The van der Waals surface area contributed by atoms with Crippen molar-refractivity contribution in [2.75, 3.05) is 13.1 Å². The van der Waals surface area contributed by atoms with Gasteiger partial charge in [0, 0.05) is 19.5 Å². The highest BCUT2D eigenvalue weighted by molar-refractivity contribution is 5.79. The van der Waals surface area contributed by atoms with Gasteiger partial charge in [-0.3, -0.25) is 9.59 Å². The van der Waals surface area contributed by atoms with Crippen LogP contribution in [0.1, 0.15) is 40.0 Å². The van der Waals surface area contributed by atoms with Crippen molar-refractivity contribution in [3.8, 4) is 0 Å². The van der Waals surface area contributed by atoms with E-state index in [0.717, 1.165) is 12.8 Å². The number of carbonyl (C=O) groups excluding carboxylic acids is 1. The van der Waals surface area contributed by atoms with E-state index in [9.17, 15) is 9.59 Å². The molecule has 0 aromatic rings. The van der Waals surface area contributed by atoms with Gasteiger partial charge in [-0.2, -0.15) is 0 Å². The molecule has 16 heavy (non-hydrogen) atoms. The van der Waals surface area contributed by atoms with E-state index < -0.39 is 11.4 Å². The van der Waals surface area contributed by atoms with Crippen molar-refractivity contribution in [1.82, 2.24) is 4.90 Å². The summed E-state index contributed by atoms with van der Waals surface area (Å²) in [6.45, 7) is 6.47. The van der Waals surface area contributed by atoms with Crippen LogP contribution in [-0.4, -0.2) is 35.0 Å². The number of aliphatic carboxylic acids is 1. The molecule has 1 amide bonds. The first-order valence-electron chi connectivity index (χ1n) is 5.84. The molecule has 0 saturated carbocycles. The summed E-state index contributed by atoms with van der Waals surface area (Å²) >= 11 is 0. The summed E-state index contributed by atoms with van der Waals surface area (Å²) in [7, 11) is 0. The number of nitrogens with zero attached hydrogens (tertiary/aromatic N) is 1. The van der Waals surface area contributed by atoms with Crippen LogP contribution in [0.5, 0.6) is 0 Å². The molecule has 1 aliphatic heterocycles. The van der Waals surface area contributed by atoms with Crippen molar-refractivity contribution in [3.05, 3.63) is 0 Å². The largest absolute Gasteiger partial charge is 0.481 e. The van der Waals surface area contributed by atoms with E-state index >= 15 is 0 Å². The summed E-state index contributed by atoms with van der Waals surface area (Å²) in [6.07, 6.45) is 2.45. The molecule has 0 spiro atoms. The summed E-state index contributed by atoms with van der Waals surface area (Å²) in [4.78, 5) is 24.5. The second-order valence-corrected chi connectivity index (χ2v) is 5.44. The first-order valence-corrected chi connectivity index (χ1v) is 5.84. The molecule has 1 rings (SSSR count). The molecular weight excluding hydrogens is 206 g/mol. The minimum absolute atomic E-state index is 0.0960. The predicted octanol–water partition coefficient (Wildman–Crippen LogP) is 1.75. The van der Waals surface area contributed by atoms with E-state index in [4.69, 9.17) is 5.11 Å². The molecule has 0 aliphatic carbocycles. The smallest absolute Gasteiger partial charge is 0.310 e. The minimum Gasteiger partial charge on any atom is -0.481 e. The number of hydrogen-bond acceptors (Lipinski definition) is 2. The van der Waals surface area contributed by atoms with Crippen molar-refractivity contribution in [1.29, 1.82) is 0 Å². The van der Waals surface area contributed by atoms with Crippen LogP contribution in [0, 0.1) is 11.3 Å². The maximum atomic E-state index is 11.8. The van der Waals surface area contributed by atoms with Gasteiger partial charge in [-0.05, 0) is 32.6 Å². The summed E-state index contributed by atoms with van der Waals surface area (Å²) in [5.41, 5.74) is -0.858. The Hall–Kier alpha value is -1.06. The SMILES string of the molecule is CC1CCC(=O)N(CC(C)(C)C(=O)O)CC1. The molecule has 92 valence electrons. The highest BCUT2D eigenvalue weighted by Crippen LogP contribution is 2.22. The van der Waals surface area contributed by atoms with Gasteiger partial charge in [0.1, 0.15) is 0 Å². The van der Waals surface area contributed by atoms with Crippen LogP contribution >= 0.6 is 0 Å². The van der Waals surface area contributed by atoms with Crippen LogP contribution in [0.25, 0.3) is 0 Å². The lowest BCUT2D eigenvalue weighted by atomic mass is 9.93. The van der Waals surface area contributed by atoms with Crippen LogP contribution in [0.15, 0.2) is 0 Å². The minimum atomic E-state index is -0.858. The van der Waals surface area contributed by atoms with Gasteiger partial charge in [-0.25, -0.2) is 0 Å². The molecule has 1 saturated heterocycles. The van der Waals surface area contributed by atoms with Gasteiger partial charge in [-0.15, -0.1) is 0 Å². The van der Waals surface area contributed by atoms with Gasteiger partial charge in [0.15, 0.2) is 0 Å². The summed E-state index contributed by atoms with van der Waals surface area (Å²) in [5, 5.41) is 9.04. The zero-order valence-corrected chi connectivity index (χ0v) is 10.3. The normalized spacial score (nSPS) is 23.1. The monoisotopic (exact) mass is 227 g/mol. The lowest BCUT2D eigenvalue weighted by molar-refractivity contribution is -0.149. The number of rotatable bonds is 3. The number of likely N-dealkylation sites (tertiary alicyclic amines) is 1. The van der Waals surface area contributed by atoms with Gasteiger partial charge in [0.25, 0.3) is 0 Å². The molecule has 1 heterocycles. The van der Waals surface area contributed by atoms with Crippen molar-refractivity contribution in [2.24, 2.45) is 11.3 Å². The van der Waals surface area contributed by atoms with Crippen molar-refractivity contribution in [3.63, 3.8) is 0 Å². The van der Waals surface area contributed by atoms with Crippen LogP contribution < -0.4 is 0 Å². The van der Waals surface area contributed by atoms with Gasteiger partial charge in [-0.1, -0.05) is 6.92 Å². The molecule has 0 aromatic carbocycles. The third kappa shape index (κ3) is 3.22. The fraction of sp³-hybridized carbons (Fsp3) is 0.833. The van der Waals surface area contributed by atoms with E-state index in [2.05, 4.69) is 6.92 Å². The molecule has 4 heteroatoms. The maximum absolute atomic E-state index is 11.8. The van der Waals surface area contributed by atoms with Gasteiger partial charge >= 0.3 is 5.97 Å². The summed E-state index contributed by atoms with van der Waals surface area (Å²) in [6, 6.07) is 0. The zero-order valence-electron chi connectivity index (χ0n) is 10.3. The summed E-state index contributed by atoms with van der Waals surface area (Å²) < 4.78 is 0. The fourth-order valence-corrected chi connectivity index (χ4v) is 1.89. The lowest BCUT2D eigenvalue weighted by Gasteiger charge is -2.28. The van der Waals surface area contributed by atoms with Crippen LogP contribution in [0.4, 0.5) is 0 Å². The van der Waals surface area contributed by atoms with E-state index in [1.165, 1.54) is 0 Å². The Kier molecular flexibility index (Phi) is 3.94. The first-order chi connectivity index (χ1) is 7.33. The summed E-state index contributed by atoms with van der Waals surface area (Å²) in [5.74, 6) is -0.196. The molecule has 1 N–H and O–H groups in total. The number of amides is 1. The van der Waals surface area contributed by atoms with Gasteiger partial charge < -0.3 is 10.0 Å². The number of carboxylic acid groups (broad SMARTS) is 1. The van der Waals surface area contributed by atoms with Crippen LogP contribution in [0.3, 0.4) is 0 Å². The molecule has 0 aromatic heterocycles. The molecule has 0 bridgehead atoms. The lowest BCUT2D eigenvalue weighted by Crippen LogP contribution is -2.42. The average molecular weight is 227 g/mol. The number of hydrogen-bond donors (Lipinski definition) is 1. The second kappa shape index (κ2) is 4.85. The van der Waals surface area contributed by atoms with E-state index in [1.54, 1.807) is 18.7 Å². The quantitative estimate of drug-likeness (QED) is 0.799. The maximum Gasteiger partial charge on any atom is 0.310 e. The molecule has 1 unspecified atom stereocenters. The molecule has 1 aliphatic rings. The number of carboxylic acids is 1. The van der Waals surface area contributed by atoms with Crippen molar-refractivity contribution >= 4 is 11.9 Å². The molecular formula is C12H21NO3. The Morgan fingerprint density at radius 2 is 2.12 bits per heavy atom. The number of carbonyl (C=O) groups is 2. The van der Waals surface area contributed by atoms with Crippen LogP contribution in [-0.2, 0) is 9.59 Å². The zero-order chi connectivity index (χ0) is 12.3. The van der Waals surface area contributed by atoms with Gasteiger partial charge in [0.05, 0.1) is 5.41 Å². The Balaban J connectivity index is 2.65. The molecule has 1 atom stereocenters. The Bertz CT molecular complexity index is 286. The Labute approximate surface area is 96.6 Å². The van der Waals surface area contributed by atoms with Crippen molar-refractivity contribution < 1.29 is 14.7 Å². The van der Waals surface area contributed by atoms with Crippen LogP contribution in [0.2, 0.25) is 0 Å². The predicted molar refractivity (Wildman–Crippen MR) is 61.0 cm³/mol. The van der Waals surface area contributed by atoms with E-state index in [0.29, 0.717) is 25.4 Å². The molecule has 0 radical (unpaired) electrons. The fourth-order valence-electron chi connectivity index (χ4n) is 1.89. The first kappa shape index (κ1) is 13.0. The van der Waals surface area contributed by atoms with E-state index in [-0.39, 0.29) is 5.91 Å². The Morgan fingerprint density at radius 3 is 2.69 bits per heavy atom. The highest BCUT2D eigenvalue weighted by Gasteiger charge is 2.32. The third-order valence-electron chi connectivity index (χ3n) is 3.26.